The Morgan fingerprint density at radius 3 is 2.65 bits per heavy atom. The van der Waals surface area contributed by atoms with Crippen LogP contribution in [0.25, 0.3) is 0 Å². The summed E-state index contributed by atoms with van der Waals surface area (Å²) in [7, 11) is -3.05. The molecule has 0 heterocycles. The first-order chi connectivity index (χ1) is 9.62. The summed E-state index contributed by atoms with van der Waals surface area (Å²) in [5, 5.41) is -0.157. The summed E-state index contributed by atoms with van der Waals surface area (Å²) in [6, 6.07) is 7.43. The molecule has 1 saturated carbocycles. The predicted molar refractivity (Wildman–Crippen MR) is 81.9 cm³/mol. The molecule has 3 nitrogen and oxygen atoms in total. The van der Waals surface area contributed by atoms with Crippen molar-refractivity contribution in [1.29, 1.82) is 0 Å². The summed E-state index contributed by atoms with van der Waals surface area (Å²) >= 11 is 0. The van der Waals surface area contributed by atoms with Crippen LogP contribution in [-0.4, -0.2) is 20.2 Å². The van der Waals surface area contributed by atoms with Crippen LogP contribution >= 0.6 is 0 Å². The van der Waals surface area contributed by atoms with Gasteiger partial charge in [0.1, 0.15) is 0 Å². The van der Waals surface area contributed by atoms with E-state index in [-0.39, 0.29) is 11.0 Å². The molecule has 1 aliphatic carbocycles. The third-order valence-corrected chi connectivity index (χ3v) is 5.91. The highest BCUT2D eigenvalue weighted by Gasteiger charge is 2.27. The number of rotatable bonds is 3. The molecule has 2 rings (SSSR count). The zero-order chi connectivity index (χ0) is 14.4. The lowest BCUT2D eigenvalue weighted by Gasteiger charge is -2.21. The van der Waals surface area contributed by atoms with Crippen molar-refractivity contribution in [2.45, 2.75) is 43.1 Å². The van der Waals surface area contributed by atoms with Crippen molar-refractivity contribution in [2.24, 2.45) is 5.73 Å². The minimum absolute atomic E-state index is 0.121. The van der Waals surface area contributed by atoms with Crippen LogP contribution in [0.2, 0.25) is 0 Å². The van der Waals surface area contributed by atoms with Crippen molar-refractivity contribution in [3.8, 4) is 11.8 Å². The Morgan fingerprint density at radius 1 is 1.20 bits per heavy atom. The quantitative estimate of drug-likeness (QED) is 0.869. The molecule has 0 atom stereocenters. The second-order valence-electron chi connectivity index (χ2n) is 5.27. The molecule has 1 aromatic rings. The lowest BCUT2D eigenvalue weighted by atomic mass is 10.0. The van der Waals surface area contributed by atoms with E-state index in [1.165, 1.54) is 0 Å². The van der Waals surface area contributed by atoms with Crippen molar-refractivity contribution >= 4 is 9.84 Å². The van der Waals surface area contributed by atoms with Crippen LogP contribution in [-0.2, 0) is 15.6 Å². The summed E-state index contributed by atoms with van der Waals surface area (Å²) in [5.74, 6) is 5.85. The molecular weight excluding hydrogens is 270 g/mol. The topological polar surface area (TPSA) is 60.2 Å². The van der Waals surface area contributed by atoms with Gasteiger partial charge < -0.3 is 5.73 Å². The van der Waals surface area contributed by atoms with Gasteiger partial charge in [-0.2, -0.15) is 0 Å². The van der Waals surface area contributed by atoms with E-state index in [9.17, 15) is 8.42 Å². The Kier molecular flexibility index (Phi) is 5.22. The Labute approximate surface area is 121 Å². The average Bonchev–Trinajstić information content (AvgIpc) is 2.46. The second kappa shape index (κ2) is 6.92. The largest absolute Gasteiger partial charge is 0.320 e. The van der Waals surface area contributed by atoms with E-state index in [1.54, 1.807) is 0 Å². The van der Waals surface area contributed by atoms with Crippen LogP contribution in [0, 0.1) is 11.8 Å². The first-order valence-corrected chi connectivity index (χ1v) is 8.83. The van der Waals surface area contributed by atoms with Crippen LogP contribution in [0.15, 0.2) is 24.3 Å². The molecule has 1 aliphatic rings. The van der Waals surface area contributed by atoms with Crippen LogP contribution < -0.4 is 5.73 Å². The fourth-order valence-electron chi connectivity index (χ4n) is 2.67. The first kappa shape index (κ1) is 15.1. The molecule has 4 heteroatoms. The van der Waals surface area contributed by atoms with Gasteiger partial charge >= 0.3 is 0 Å². The highest BCUT2D eigenvalue weighted by atomic mass is 32.2. The zero-order valence-electron chi connectivity index (χ0n) is 11.6. The molecule has 0 unspecified atom stereocenters. The molecule has 2 N–H and O–H groups in total. The number of sulfone groups is 1. The van der Waals surface area contributed by atoms with Gasteiger partial charge in [0.2, 0.25) is 0 Å². The molecule has 0 bridgehead atoms. The molecule has 0 amide bonds. The van der Waals surface area contributed by atoms with Gasteiger partial charge in [-0.25, -0.2) is 8.42 Å². The van der Waals surface area contributed by atoms with E-state index in [0.29, 0.717) is 6.54 Å². The maximum Gasteiger partial charge on any atom is 0.157 e. The van der Waals surface area contributed by atoms with E-state index in [0.717, 1.165) is 43.2 Å². The zero-order valence-corrected chi connectivity index (χ0v) is 12.5. The lowest BCUT2D eigenvalue weighted by molar-refractivity contribution is 0.483. The summed E-state index contributed by atoms with van der Waals surface area (Å²) in [5.41, 5.74) is 6.99. The van der Waals surface area contributed by atoms with Crippen molar-refractivity contribution in [3.63, 3.8) is 0 Å². The van der Waals surface area contributed by atoms with E-state index >= 15 is 0 Å². The number of hydrogen-bond donors (Lipinski definition) is 1. The summed E-state index contributed by atoms with van der Waals surface area (Å²) in [6.07, 6.45) is 4.86. The van der Waals surface area contributed by atoms with Crippen molar-refractivity contribution in [1.82, 2.24) is 0 Å². The average molecular weight is 291 g/mol. The van der Waals surface area contributed by atoms with Gasteiger partial charge in [0.15, 0.2) is 9.84 Å². The van der Waals surface area contributed by atoms with Gasteiger partial charge in [-0.1, -0.05) is 43.2 Å². The number of hydrogen-bond acceptors (Lipinski definition) is 3. The monoisotopic (exact) mass is 291 g/mol. The molecule has 0 aromatic heterocycles. The highest BCUT2D eigenvalue weighted by molar-refractivity contribution is 7.91. The van der Waals surface area contributed by atoms with Gasteiger partial charge in [0.05, 0.1) is 17.5 Å². The fraction of sp³-hybridized carbons (Fsp3) is 0.500. The lowest BCUT2D eigenvalue weighted by Crippen LogP contribution is -2.25. The predicted octanol–water partition coefficient (Wildman–Crippen LogP) is 2.24. The van der Waals surface area contributed by atoms with E-state index in [2.05, 4.69) is 11.8 Å². The van der Waals surface area contributed by atoms with Gasteiger partial charge in [0, 0.05) is 5.56 Å². The molecule has 0 saturated heterocycles. The maximum absolute atomic E-state index is 12.4. The molecule has 1 aromatic carbocycles. The molecule has 108 valence electrons. The standard InChI is InChI=1S/C16H21NO2S/c17-11-5-8-14-6-4-7-15(12-14)13-20(18,19)16-9-2-1-3-10-16/h4,6-7,12,16H,1-3,9-11,13,17H2. The third kappa shape index (κ3) is 4.09. The number of benzene rings is 1. The Balaban J connectivity index is 2.12. The minimum atomic E-state index is -3.05. The van der Waals surface area contributed by atoms with Gasteiger partial charge in [-0.3, -0.25) is 0 Å². The SMILES string of the molecule is NCC#Cc1cccc(CS(=O)(=O)C2CCCCC2)c1. The van der Waals surface area contributed by atoms with Gasteiger partial charge in [-0.15, -0.1) is 0 Å². The van der Waals surface area contributed by atoms with Crippen molar-refractivity contribution < 1.29 is 8.42 Å². The Hall–Kier alpha value is -1.31. The van der Waals surface area contributed by atoms with Gasteiger partial charge in [0.25, 0.3) is 0 Å². The molecule has 0 aliphatic heterocycles. The molecule has 1 fully saturated rings. The number of nitrogens with two attached hydrogens (primary N) is 1. The van der Waals surface area contributed by atoms with Crippen LogP contribution in [0.3, 0.4) is 0 Å². The van der Waals surface area contributed by atoms with Crippen LogP contribution in [0.5, 0.6) is 0 Å². The Bertz CT molecular complexity index is 605. The first-order valence-electron chi connectivity index (χ1n) is 7.11. The summed E-state index contributed by atoms with van der Waals surface area (Å²) in [6.45, 7) is 0.310. The second-order valence-corrected chi connectivity index (χ2v) is 7.55. The van der Waals surface area contributed by atoms with E-state index in [1.807, 2.05) is 24.3 Å². The summed E-state index contributed by atoms with van der Waals surface area (Å²) < 4.78 is 24.8. The van der Waals surface area contributed by atoms with E-state index in [4.69, 9.17) is 5.73 Å². The smallest absolute Gasteiger partial charge is 0.157 e. The van der Waals surface area contributed by atoms with E-state index < -0.39 is 9.84 Å². The van der Waals surface area contributed by atoms with Crippen molar-refractivity contribution in [3.05, 3.63) is 35.4 Å². The fourth-order valence-corrected chi connectivity index (χ4v) is 4.60. The maximum atomic E-state index is 12.4. The Morgan fingerprint density at radius 2 is 1.95 bits per heavy atom. The van der Waals surface area contributed by atoms with Gasteiger partial charge in [-0.05, 0) is 30.5 Å². The van der Waals surface area contributed by atoms with Crippen molar-refractivity contribution in [2.75, 3.05) is 6.54 Å². The minimum Gasteiger partial charge on any atom is -0.320 e. The summed E-state index contributed by atoms with van der Waals surface area (Å²) in [4.78, 5) is 0. The highest BCUT2D eigenvalue weighted by Crippen LogP contribution is 2.26. The molecule has 0 spiro atoms. The molecule has 0 radical (unpaired) electrons. The van der Waals surface area contributed by atoms with Crippen LogP contribution in [0.4, 0.5) is 0 Å². The molecule has 20 heavy (non-hydrogen) atoms. The molecular formula is C16H21NO2S. The normalized spacial score (nSPS) is 16.4. The van der Waals surface area contributed by atoms with Crippen LogP contribution in [0.1, 0.15) is 43.2 Å². The third-order valence-electron chi connectivity index (χ3n) is 3.69.